The predicted octanol–water partition coefficient (Wildman–Crippen LogP) is 2.72. The van der Waals surface area contributed by atoms with E-state index in [1.165, 1.54) is 6.42 Å². The molecule has 0 bridgehead atoms. The van der Waals surface area contributed by atoms with Gasteiger partial charge in [-0.1, -0.05) is 30.9 Å². The van der Waals surface area contributed by atoms with Crippen LogP contribution in [0.5, 0.6) is 0 Å². The lowest BCUT2D eigenvalue weighted by Crippen LogP contribution is -2.36. The average Bonchev–Trinajstić information content (AvgIpc) is 2.50. The molecule has 1 saturated carbocycles. The van der Waals surface area contributed by atoms with E-state index in [9.17, 15) is 9.59 Å². The summed E-state index contributed by atoms with van der Waals surface area (Å²) in [5.41, 5.74) is 6.14. The van der Waals surface area contributed by atoms with Gasteiger partial charge in [0.2, 0.25) is 5.91 Å². The maximum Gasteiger partial charge on any atom is 0.253 e. The monoisotopic (exact) mass is 345 g/mol. The number of anilines is 1. The van der Waals surface area contributed by atoms with Crippen LogP contribution < -0.4 is 16.4 Å². The van der Waals surface area contributed by atoms with Crippen LogP contribution in [0.1, 0.15) is 42.5 Å². The first-order valence-corrected chi connectivity index (χ1v) is 7.58. The van der Waals surface area contributed by atoms with E-state index >= 15 is 0 Å². The van der Waals surface area contributed by atoms with Crippen molar-refractivity contribution in [1.82, 2.24) is 5.32 Å². The van der Waals surface area contributed by atoms with E-state index in [0.29, 0.717) is 16.3 Å². The molecule has 0 unspecified atom stereocenters. The molecule has 0 spiro atoms. The number of nitrogens with one attached hydrogen (secondary N) is 2. The molecular formula is C15H21Cl2N3O2. The van der Waals surface area contributed by atoms with Crippen LogP contribution in [0.25, 0.3) is 0 Å². The Morgan fingerprint density at radius 3 is 2.55 bits per heavy atom. The molecular weight excluding hydrogens is 325 g/mol. The molecule has 0 saturated heterocycles. The summed E-state index contributed by atoms with van der Waals surface area (Å²) in [6.45, 7) is -0.105. The minimum atomic E-state index is -0.309. The maximum absolute atomic E-state index is 12.3. The molecule has 0 heterocycles. The lowest BCUT2D eigenvalue weighted by Gasteiger charge is -2.23. The van der Waals surface area contributed by atoms with Crippen molar-refractivity contribution < 1.29 is 9.59 Å². The van der Waals surface area contributed by atoms with Crippen molar-refractivity contribution in [2.45, 2.75) is 38.1 Å². The van der Waals surface area contributed by atoms with Gasteiger partial charge in [-0.2, -0.15) is 0 Å². The maximum atomic E-state index is 12.3. The first kappa shape index (κ1) is 18.7. The van der Waals surface area contributed by atoms with Gasteiger partial charge in [-0.15, -0.1) is 12.4 Å². The van der Waals surface area contributed by atoms with Crippen LogP contribution in [0, 0.1) is 0 Å². The number of benzene rings is 1. The van der Waals surface area contributed by atoms with E-state index in [-0.39, 0.29) is 36.8 Å². The Labute approximate surface area is 141 Å². The Morgan fingerprint density at radius 1 is 1.23 bits per heavy atom. The summed E-state index contributed by atoms with van der Waals surface area (Å²) in [6.07, 6.45) is 5.53. The highest BCUT2D eigenvalue weighted by Gasteiger charge is 2.18. The third-order valence-electron chi connectivity index (χ3n) is 3.62. The standard InChI is InChI=1S/C15H20ClN3O2.ClH/c16-13-7-6-11(18-14(20)9-17)8-12(13)15(21)19-10-4-2-1-3-5-10;/h6-8,10H,1-5,9,17H2,(H,18,20)(H,19,21);1H. The normalized spacial score (nSPS) is 14.8. The summed E-state index contributed by atoms with van der Waals surface area (Å²) < 4.78 is 0. The molecule has 5 nitrogen and oxygen atoms in total. The number of nitrogens with two attached hydrogens (primary N) is 1. The van der Waals surface area contributed by atoms with Gasteiger partial charge in [-0.25, -0.2) is 0 Å². The van der Waals surface area contributed by atoms with Crippen molar-refractivity contribution >= 4 is 41.5 Å². The van der Waals surface area contributed by atoms with E-state index in [2.05, 4.69) is 10.6 Å². The van der Waals surface area contributed by atoms with Gasteiger partial charge >= 0.3 is 0 Å². The van der Waals surface area contributed by atoms with Crippen LogP contribution >= 0.6 is 24.0 Å². The first-order valence-electron chi connectivity index (χ1n) is 7.20. The molecule has 7 heteroatoms. The molecule has 122 valence electrons. The predicted molar refractivity (Wildman–Crippen MR) is 90.7 cm³/mol. The van der Waals surface area contributed by atoms with E-state index in [1.54, 1.807) is 18.2 Å². The number of hydrogen-bond acceptors (Lipinski definition) is 3. The molecule has 0 atom stereocenters. The molecule has 2 rings (SSSR count). The lowest BCUT2D eigenvalue weighted by molar-refractivity contribution is -0.114. The fourth-order valence-electron chi connectivity index (χ4n) is 2.50. The van der Waals surface area contributed by atoms with Gasteiger partial charge in [-0.3, -0.25) is 9.59 Å². The second-order valence-electron chi connectivity index (χ2n) is 5.26. The van der Waals surface area contributed by atoms with Crippen molar-refractivity contribution in [1.29, 1.82) is 0 Å². The summed E-state index contributed by atoms with van der Waals surface area (Å²) >= 11 is 6.08. The minimum Gasteiger partial charge on any atom is -0.349 e. The summed E-state index contributed by atoms with van der Waals surface area (Å²) in [5.74, 6) is -0.508. The molecule has 0 aromatic heterocycles. The number of amides is 2. The topological polar surface area (TPSA) is 84.2 Å². The van der Waals surface area contributed by atoms with Gasteiger partial charge in [-0.05, 0) is 31.0 Å². The number of carbonyl (C=O) groups is 2. The molecule has 1 aliphatic carbocycles. The Kier molecular flexibility index (Phi) is 7.65. The molecule has 1 aliphatic rings. The van der Waals surface area contributed by atoms with Crippen molar-refractivity contribution in [3.63, 3.8) is 0 Å². The number of hydrogen-bond donors (Lipinski definition) is 3. The van der Waals surface area contributed by atoms with Crippen LogP contribution in [0.2, 0.25) is 5.02 Å². The molecule has 0 radical (unpaired) electrons. The second-order valence-corrected chi connectivity index (χ2v) is 5.66. The highest BCUT2D eigenvalue weighted by molar-refractivity contribution is 6.34. The lowest BCUT2D eigenvalue weighted by atomic mass is 9.95. The number of halogens is 2. The minimum absolute atomic E-state index is 0. The van der Waals surface area contributed by atoms with E-state index < -0.39 is 0 Å². The molecule has 22 heavy (non-hydrogen) atoms. The largest absolute Gasteiger partial charge is 0.349 e. The van der Waals surface area contributed by atoms with Gasteiger partial charge in [0.25, 0.3) is 5.91 Å². The third-order valence-corrected chi connectivity index (χ3v) is 3.95. The molecule has 1 fully saturated rings. The van der Waals surface area contributed by atoms with Crippen LogP contribution in [0.3, 0.4) is 0 Å². The van der Waals surface area contributed by atoms with Crippen LogP contribution in [0.4, 0.5) is 5.69 Å². The average molecular weight is 346 g/mol. The fourth-order valence-corrected chi connectivity index (χ4v) is 2.70. The van der Waals surface area contributed by atoms with Gasteiger partial charge in [0, 0.05) is 11.7 Å². The van der Waals surface area contributed by atoms with E-state index in [4.69, 9.17) is 17.3 Å². The van der Waals surface area contributed by atoms with Crippen molar-refractivity contribution in [3.8, 4) is 0 Å². The fraction of sp³-hybridized carbons (Fsp3) is 0.467. The Hall–Kier alpha value is -1.30. The Bertz CT molecular complexity index is 532. The second kappa shape index (κ2) is 8.98. The number of carbonyl (C=O) groups excluding carboxylic acids is 2. The van der Waals surface area contributed by atoms with Gasteiger partial charge in [0.15, 0.2) is 0 Å². The Morgan fingerprint density at radius 2 is 1.91 bits per heavy atom. The van der Waals surface area contributed by atoms with E-state index in [1.807, 2.05) is 0 Å². The van der Waals surface area contributed by atoms with Gasteiger partial charge in [0.05, 0.1) is 17.1 Å². The van der Waals surface area contributed by atoms with E-state index in [0.717, 1.165) is 25.7 Å². The first-order chi connectivity index (χ1) is 10.1. The summed E-state index contributed by atoms with van der Waals surface area (Å²) in [6, 6.07) is 5.04. The van der Waals surface area contributed by atoms with Gasteiger partial charge < -0.3 is 16.4 Å². The van der Waals surface area contributed by atoms with Crippen LogP contribution in [-0.4, -0.2) is 24.4 Å². The van der Waals surface area contributed by atoms with Crippen molar-refractivity contribution in [2.75, 3.05) is 11.9 Å². The highest BCUT2D eigenvalue weighted by atomic mass is 35.5. The zero-order chi connectivity index (χ0) is 15.2. The van der Waals surface area contributed by atoms with Crippen LogP contribution in [0.15, 0.2) is 18.2 Å². The molecule has 1 aromatic rings. The SMILES string of the molecule is Cl.NCC(=O)Nc1ccc(Cl)c(C(=O)NC2CCCCC2)c1. The van der Waals surface area contributed by atoms with Crippen LogP contribution in [-0.2, 0) is 4.79 Å². The Balaban J connectivity index is 0.00000242. The summed E-state index contributed by atoms with van der Waals surface area (Å²) in [5, 5.41) is 5.99. The summed E-state index contributed by atoms with van der Waals surface area (Å²) in [4.78, 5) is 23.6. The highest BCUT2D eigenvalue weighted by Crippen LogP contribution is 2.22. The number of rotatable bonds is 4. The van der Waals surface area contributed by atoms with Crippen molar-refractivity contribution in [3.05, 3.63) is 28.8 Å². The summed E-state index contributed by atoms with van der Waals surface area (Å²) in [7, 11) is 0. The zero-order valence-electron chi connectivity index (χ0n) is 12.2. The molecule has 2 amide bonds. The quantitative estimate of drug-likeness (QED) is 0.784. The molecule has 1 aromatic carbocycles. The molecule has 4 N–H and O–H groups in total. The zero-order valence-corrected chi connectivity index (χ0v) is 13.8. The smallest absolute Gasteiger partial charge is 0.253 e. The van der Waals surface area contributed by atoms with Gasteiger partial charge in [0.1, 0.15) is 0 Å². The van der Waals surface area contributed by atoms with Crippen molar-refractivity contribution in [2.24, 2.45) is 5.73 Å². The molecule has 0 aliphatic heterocycles. The third kappa shape index (κ3) is 5.16.